The highest BCUT2D eigenvalue weighted by molar-refractivity contribution is 7.19. The zero-order valence-electron chi connectivity index (χ0n) is 15.2. The van der Waals surface area contributed by atoms with Gasteiger partial charge in [-0.2, -0.15) is 4.52 Å². The highest BCUT2D eigenvalue weighted by Crippen LogP contribution is 2.38. The number of fused-ring (bicyclic) bond motifs is 5. The molecule has 0 bridgehead atoms. The maximum atomic E-state index is 12.5. The molecule has 0 radical (unpaired) electrons. The highest BCUT2D eigenvalue weighted by Gasteiger charge is 2.25. The molecule has 0 saturated heterocycles. The molecule has 26 heavy (non-hydrogen) atoms. The predicted molar refractivity (Wildman–Crippen MR) is 101 cm³/mol. The summed E-state index contributed by atoms with van der Waals surface area (Å²) in [5.74, 6) is 1.12. The molecule has 7 nitrogen and oxygen atoms in total. The van der Waals surface area contributed by atoms with Crippen LogP contribution < -0.4 is 5.32 Å². The van der Waals surface area contributed by atoms with Crippen molar-refractivity contribution in [3.63, 3.8) is 0 Å². The third kappa shape index (κ3) is 2.77. The van der Waals surface area contributed by atoms with Crippen molar-refractivity contribution in [2.75, 3.05) is 6.61 Å². The highest BCUT2D eigenvalue weighted by atomic mass is 32.1. The number of amides is 1. The molecule has 0 fully saturated rings. The van der Waals surface area contributed by atoms with E-state index in [1.165, 1.54) is 16.9 Å². The van der Waals surface area contributed by atoms with Crippen LogP contribution in [0.15, 0.2) is 0 Å². The molecule has 1 aliphatic rings. The summed E-state index contributed by atoms with van der Waals surface area (Å²) in [5, 5.41) is 17.5. The van der Waals surface area contributed by atoms with Gasteiger partial charge in [-0.15, -0.1) is 16.4 Å². The fourth-order valence-corrected chi connectivity index (χ4v) is 4.83. The molecule has 0 spiro atoms. The summed E-state index contributed by atoms with van der Waals surface area (Å²) < 4.78 is 1.67. The van der Waals surface area contributed by atoms with Crippen LogP contribution in [0.4, 0.5) is 0 Å². The van der Waals surface area contributed by atoms with Gasteiger partial charge in [-0.1, -0.05) is 13.8 Å². The van der Waals surface area contributed by atoms with Crippen molar-refractivity contribution < 1.29 is 9.90 Å². The molecular formula is C18H23N5O2S. The van der Waals surface area contributed by atoms with Crippen molar-refractivity contribution in [3.8, 4) is 0 Å². The molecule has 1 amide bonds. The molecule has 8 heteroatoms. The van der Waals surface area contributed by atoms with E-state index in [-0.39, 0.29) is 24.4 Å². The first-order valence-corrected chi connectivity index (χ1v) is 9.92. The number of aliphatic hydroxyl groups excluding tert-OH is 1. The Morgan fingerprint density at radius 2 is 2.27 bits per heavy atom. The lowest BCUT2D eigenvalue weighted by Crippen LogP contribution is -2.37. The second-order valence-corrected chi connectivity index (χ2v) is 8.21. The van der Waals surface area contributed by atoms with Gasteiger partial charge < -0.3 is 10.4 Å². The first kappa shape index (κ1) is 17.4. The molecule has 2 N–H and O–H groups in total. The Morgan fingerprint density at radius 3 is 3.00 bits per heavy atom. The van der Waals surface area contributed by atoms with E-state index in [4.69, 9.17) is 4.98 Å². The first-order chi connectivity index (χ1) is 12.5. The Labute approximate surface area is 155 Å². The average molecular weight is 373 g/mol. The molecule has 0 unspecified atom stereocenters. The van der Waals surface area contributed by atoms with Gasteiger partial charge >= 0.3 is 0 Å². The van der Waals surface area contributed by atoms with Crippen molar-refractivity contribution in [1.82, 2.24) is 24.9 Å². The monoisotopic (exact) mass is 373 g/mol. The Kier molecular flexibility index (Phi) is 4.40. The van der Waals surface area contributed by atoms with Crippen LogP contribution in [-0.4, -0.2) is 43.2 Å². The van der Waals surface area contributed by atoms with Crippen molar-refractivity contribution >= 4 is 33.1 Å². The summed E-state index contributed by atoms with van der Waals surface area (Å²) in [4.78, 5) is 24.1. The van der Waals surface area contributed by atoms with Gasteiger partial charge in [0.1, 0.15) is 10.7 Å². The number of aryl methyl sites for hydroxylation is 2. The molecule has 0 aromatic carbocycles. The summed E-state index contributed by atoms with van der Waals surface area (Å²) in [6.45, 7) is 5.96. The average Bonchev–Trinajstić information content (AvgIpc) is 3.20. The van der Waals surface area contributed by atoms with E-state index < -0.39 is 0 Å². The minimum absolute atomic E-state index is 0.101. The lowest BCUT2D eigenvalue weighted by Gasteiger charge is -2.17. The SMILES string of the molecule is CC[C@H](CO)NC(=O)c1nc2c3c4c(sc3nc(C)n2n1)CC[C@@H](C)C4. The minimum Gasteiger partial charge on any atom is -0.394 e. The van der Waals surface area contributed by atoms with Gasteiger partial charge in [-0.05, 0) is 44.1 Å². The zero-order valence-corrected chi connectivity index (χ0v) is 16.1. The van der Waals surface area contributed by atoms with Crippen molar-refractivity contribution in [1.29, 1.82) is 0 Å². The Balaban J connectivity index is 1.84. The first-order valence-electron chi connectivity index (χ1n) is 9.11. The van der Waals surface area contributed by atoms with Crippen molar-refractivity contribution in [3.05, 3.63) is 22.1 Å². The number of nitrogens with zero attached hydrogens (tertiary/aromatic N) is 4. The summed E-state index contributed by atoms with van der Waals surface area (Å²) >= 11 is 1.74. The van der Waals surface area contributed by atoms with E-state index in [1.807, 2.05) is 13.8 Å². The molecule has 0 aliphatic heterocycles. The maximum absolute atomic E-state index is 12.5. The predicted octanol–water partition coefficient (Wildman–Crippen LogP) is 2.27. The van der Waals surface area contributed by atoms with Gasteiger partial charge in [0, 0.05) is 4.88 Å². The zero-order chi connectivity index (χ0) is 18.4. The molecular weight excluding hydrogens is 350 g/mol. The van der Waals surface area contributed by atoms with Gasteiger partial charge in [-0.25, -0.2) is 9.97 Å². The van der Waals surface area contributed by atoms with Crippen LogP contribution in [0, 0.1) is 12.8 Å². The van der Waals surface area contributed by atoms with Crippen LogP contribution in [-0.2, 0) is 12.8 Å². The molecule has 3 aromatic heterocycles. The van der Waals surface area contributed by atoms with Crippen LogP contribution in [0.5, 0.6) is 0 Å². The van der Waals surface area contributed by atoms with E-state index in [9.17, 15) is 9.90 Å². The number of hydrogen-bond acceptors (Lipinski definition) is 6. The van der Waals surface area contributed by atoms with E-state index in [2.05, 4.69) is 22.3 Å². The summed E-state index contributed by atoms with van der Waals surface area (Å²) in [7, 11) is 0. The molecule has 1 aliphatic carbocycles. The van der Waals surface area contributed by atoms with Crippen LogP contribution in [0.2, 0.25) is 0 Å². The smallest absolute Gasteiger partial charge is 0.291 e. The third-order valence-corrected chi connectivity index (χ3v) is 6.33. The molecule has 2 atom stereocenters. The van der Waals surface area contributed by atoms with E-state index >= 15 is 0 Å². The lowest BCUT2D eigenvalue weighted by molar-refractivity contribution is 0.0904. The number of carbonyl (C=O) groups is 1. The molecule has 3 aromatic rings. The van der Waals surface area contributed by atoms with Crippen molar-refractivity contribution in [2.45, 2.75) is 52.5 Å². The number of rotatable bonds is 4. The molecule has 4 rings (SSSR count). The topological polar surface area (TPSA) is 92.4 Å². The second-order valence-electron chi connectivity index (χ2n) is 7.12. The Bertz CT molecular complexity index is 989. The fraction of sp³-hybridized carbons (Fsp3) is 0.556. The van der Waals surface area contributed by atoms with E-state index in [0.29, 0.717) is 18.0 Å². The standard InChI is InChI=1S/C18H23N5O2S/c1-4-11(8-24)20-17(25)15-21-16-14-12-7-9(2)5-6-13(12)26-18(14)19-10(3)23(16)22-15/h9,11,24H,4-8H2,1-3H3,(H,20,25)/t9-,11-/m1/s1. The number of aliphatic hydroxyl groups is 1. The molecule has 138 valence electrons. The minimum atomic E-state index is -0.361. The lowest BCUT2D eigenvalue weighted by atomic mass is 9.89. The maximum Gasteiger partial charge on any atom is 0.291 e. The van der Waals surface area contributed by atoms with Crippen LogP contribution in [0.1, 0.15) is 53.6 Å². The Hall–Kier alpha value is -2.06. The number of aromatic nitrogens is 4. The third-order valence-electron chi connectivity index (χ3n) is 5.14. The van der Waals surface area contributed by atoms with Crippen LogP contribution in [0.25, 0.3) is 15.9 Å². The van der Waals surface area contributed by atoms with Gasteiger partial charge in [0.05, 0.1) is 18.0 Å². The number of thiophene rings is 1. The normalized spacial score (nSPS) is 18.2. The van der Waals surface area contributed by atoms with Gasteiger partial charge in [-0.3, -0.25) is 4.79 Å². The number of carbonyl (C=O) groups excluding carboxylic acids is 1. The summed E-state index contributed by atoms with van der Waals surface area (Å²) in [6.07, 6.45) is 3.96. The van der Waals surface area contributed by atoms with Gasteiger partial charge in [0.15, 0.2) is 5.65 Å². The largest absolute Gasteiger partial charge is 0.394 e. The van der Waals surface area contributed by atoms with Gasteiger partial charge in [0.2, 0.25) is 5.82 Å². The number of nitrogens with one attached hydrogen (secondary N) is 1. The van der Waals surface area contributed by atoms with E-state index in [0.717, 1.165) is 28.9 Å². The summed E-state index contributed by atoms with van der Waals surface area (Å²) in [5.41, 5.74) is 2.03. The van der Waals surface area contributed by atoms with Crippen LogP contribution in [0.3, 0.4) is 0 Å². The van der Waals surface area contributed by atoms with Crippen LogP contribution >= 0.6 is 11.3 Å². The van der Waals surface area contributed by atoms with Gasteiger partial charge in [0.25, 0.3) is 5.91 Å². The van der Waals surface area contributed by atoms with Crippen molar-refractivity contribution in [2.24, 2.45) is 5.92 Å². The summed E-state index contributed by atoms with van der Waals surface area (Å²) in [6, 6.07) is -0.289. The van der Waals surface area contributed by atoms with E-state index in [1.54, 1.807) is 15.9 Å². The fourth-order valence-electron chi connectivity index (χ4n) is 3.57. The second kappa shape index (κ2) is 6.59. The Morgan fingerprint density at radius 1 is 1.46 bits per heavy atom. The quantitative estimate of drug-likeness (QED) is 0.732. The molecule has 0 saturated carbocycles. The molecule has 3 heterocycles. The number of hydrogen-bond donors (Lipinski definition) is 2.